The van der Waals surface area contributed by atoms with Crippen LogP contribution in [0, 0.1) is 0 Å². The van der Waals surface area contributed by atoms with Crippen molar-refractivity contribution in [3.63, 3.8) is 0 Å². The van der Waals surface area contributed by atoms with Crippen molar-refractivity contribution in [2.24, 2.45) is 0 Å². The molecule has 0 aliphatic heterocycles. The second-order valence-corrected chi connectivity index (χ2v) is 5.20. The number of carbonyl (C=O) groups excluding carboxylic acids is 1. The van der Waals surface area contributed by atoms with Gasteiger partial charge in [-0.3, -0.25) is 4.79 Å². The van der Waals surface area contributed by atoms with Crippen molar-refractivity contribution < 1.29 is 4.79 Å². The smallest absolute Gasteiger partial charge is 0.257 e. The van der Waals surface area contributed by atoms with E-state index in [2.05, 4.69) is 15.4 Å². The van der Waals surface area contributed by atoms with E-state index in [1.54, 1.807) is 35.3 Å². The lowest BCUT2D eigenvalue weighted by molar-refractivity contribution is 0.102. The van der Waals surface area contributed by atoms with Gasteiger partial charge in [0.2, 0.25) is 0 Å². The summed E-state index contributed by atoms with van der Waals surface area (Å²) in [6.45, 7) is 0. The predicted octanol–water partition coefficient (Wildman–Crippen LogP) is 3.83. The van der Waals surface area contributed by atoms with Gasteiger partial charge < -0.3 is 5.32 Å². The van der Waals surface area contributed by atoms with Crippen LogP contribution in [0.4, 0.5) is 5.69 Å². The number of nitrogens with one attached hydrogen (secondary N) is 1. The number of carbonyl (C=O) groups is 1. The molecule has 0 saturated heterocycles. The van der Waals surface area contributed by atoms with Gasteiger partial charge in [-0.25, -0.2) is 9.67 Å². The molecule has 0 aliphatic carbocycles. The first-order valence-electron chi connectivity index (χ1n) is 6.36. The van der Waals surface area contributed by atoms with E-state index in [0.29, 0.717) is 22.0 Å². The van der Waals surface area contributed by atoms with Crippen LogP contribution in [0.1, 0.15) is 10.4 Å². The van der Waals surface area contributed by atoms with Gasteiger partial charge >= 0.3 is 0 Å². The molecular formula is C15H10Cl2N4O. The number of rotatable bonds is 3. The lowest BCUT2D eigenvalue weighted by atomic mass is 10.2. The molecule has 22 heavy (non-hydrogen) atoms. The second kappa shape index (κ2) is 6.17. The van der Waals surface area contributed by atoms with E-state index in [4.69, 9.17) is 23.2 Å². The zero-order valence-electron chi connectivity index (χ0n) is 11.2. The van der Waals surface area contributed by atoms with Crippen LogP contribution >= 0.6 is 23.2 Å². The standard InChI is InChI=1S/C15H10Cl2N4O/c16-11-5-3-4-10(14(11)17)15(22)20-12-6-1-2-7-13(12)21-9-18-8-19-21/h1-9H,(H,20,22). The van der Waals surface area contributed by atoms with Crippen molar-refractivity contribution in [2.45, 2.75) is 0 Å². The van der Waals surface area contributed by atoms with Gasteiger partial charge in [-0.1, -0.05) is 41.4 Å². The summed E-state index contributed by atoms with van der Waals surface area (Å²) < 4.78 is 1.56. The van der Waals surface area contributed by atoms with Crippen LogP contribution in [0.2, 0.25) is 10.0 Å². The lowest BCUT2D eigenvalue weighted by Crippen LogP contribution is -2.14. The average Bonchev–Trinajstić information content (AvgIpc) is 3.04. The van der Waals surface area contributed by atoms with Crippen LogP contribution in [0.25, 0.3) is 5.69 Å². The molecule has 0 bridgehead atoms. The molecule has 0 fully saturated rings. The minimum Gasteiger partial charge on any atom is -0.320 e. The molecule has 5 nitrogen and oxygen atoms in total. The number of benzene rings is 2. The molecule has 7 heteroatoms. The molecule has 3 aromatic rings. The van der Waals surface area contributed by atoms with E-state index in [-0.39, 0.29) is 10.9 Å². The summed E-state index contributed by atoms with van der Waals surface area (Å²) in [7, 11) is 0. The number of hydrogen-bond acceptors (Lipinski definition) is 3. The van der Waals surface area contributed by atoms with Gasteiger partial charge in [0.15, 0.2) is 0 Å². The van der Waals surface area contributed by atoms with E-state index >= 15 is 0 Å². The van der Waals surface area contributed by atoms with Crippen LogP contribution in [0.5, 0.6) is 0 Å². The van der Waals surface area contributed by atoms with E-state index < -0.39 is 0 Å². The third kappa shape index (κ3) is 2.81. The summed E-state index contributed by atoms with van der Waals surface area (Å²) in [6.07, 6.45) is 2.98. The van der Waals surface area contributed by atoms with Gasteiger partial charge in [0.25, 0.3) is 5.91 Å². The number of amides is 1. The molecule has 1 N–H and O–H groups in total. The molecule has 0 aliphatic rings. The maximum atomic E-state index is 12.4. The topological polar surface area (TPSA) is 59.8 Å². The highest BCUT2D eigenvalue weighted by Gasteiger charge is 2.14. The third-order valence-electron chi connectivity index (χ3n) is 3.01. The monoisotopic (exact) mass is 332 g/mol. The molecule has 1 heterocycles. The normalized spacial score (nSPS) is 10.5. The number of halogens is 2. The van der Waals surface area contributed by atoms with Gasteiger partial charge in [-0.05, 0) is 24.3 Å². The van der Waals surface area contributed by atoms with Crippen LogP contribution < -0.4 is 5.32 Å². The lowest BCUT2D eigenvalue weighted by Gasteiger charge is -2.11. The van der Waals surface area contributed by atoms with Crippen LogP contribution in [-0.2, 0) is 0 Å². The van der Waals surface area contributed by atoms with Crippen molar-refractivity contribution in [3.8, 4) is 5.69 Å². The van der Waals surface area contributed by atoms with Crippen LogP contribution in [0.3, 0.4) is 0 Å². The zero-order chi connectivity index (χ0) is 15.5. The Morgan fingerprint density at radius 3 is 2.68 bits per heavy atom. The molecule has 1 amide bonds. The van der Waals surface area contributed by atoms with Crippen molar-refractivity contribution in [1.82, 2.24) is 14.8 Å². The Bertz CT molecular complexity index is 818. The highest BCUT2D eigenvalue weighted by Crippen LogP contribution is 2.27. The quantitative estimate of drug-likeness (QED) is 0.792. The number of nitrogens with zero attached hydrogens (tertiary/aromatic N) is 3. The summed E-state index contributed by atoms with van der Waals surface area (Å²) in [5.74, 6) is -0.347. The summed E-state index contributed by atoms with van der Waals surface area (Å²) in [4.78, 5) is 16.3. The fourth-order valence-corrected chi connectivity index (χ4v) is 2.37. The number of hydrogen-bond donors (Lipinski definition) is 1. The van der Waals surface area contributed by atoms with Gasteiger partial charge in [-0.15, -0.1) is 0 Å². The first-order chi connectivity index (χ1) is 10.7. The number of para-hydroxylation sites is 2. The van der Waals surface area contributed by atoms with Gasteiger partial charge in [0.05, 0.1) is 27.0 Å². The van der Waals surface area contributed by atoms with E-state index in [0.717, 1.165) is 0 Å². The Labute approximate surface area is 136 Å². The zero-order valence-corrected chi connectivity index (χ0v) is 12.7. The second-order valence-electron chi connectivity index (χ2n) is 4.41. The maximum absolute atomic E-state index is 12.4. The Balaban J connectivity index is 1.94. The van der Waals surface area contributed by atoms with E-state index in [1.165, 1.54) is 6.33 Å². The predicted molar refractivity (Wildman–Crippen MR) is 85.8 cm³/mol. The fourth-order valence-electron chi connectivity index (χ4n) is 1.98. The number of anilines is 1. The van der Waals surface area contributed by atoms with Crippen LogP contribution in [0.15, 0.2) is 55.1 Å². The highest BCUT2D eigenvalue weighted by molar-refractivity contribution is 6.44. The van der Waals surface area contributed by atoms with Crippen molar-refractivity contribution in [1.29, 1.82) is 0 Å². The van der Waals surface area contributed by atoms with E-state index in [1.807, 2.05) is 18.2 Å². The molecule has 1 aromatic heterocycles. The molecular weight excluding hydrogens is 323 g/mol. The minimum absolute atomic E-state index is 0.222. The maximum Gasteiger partial charge on any atom is 0.257 e. The molecule has 0 unspecified atom stereocenters. The first-order valence-corrected chi connectivity index (χ1v) is 7.12. The largest absolute Gasteiger partial charge is 0.320 e. The van der Waals surface area contributed by atoms with E-state index in [9.17, 15) is 4.79 Å². The summed E-state index contributed by atoms with van der Waals surface area (Å²) in [6, 6.07) is 12.2. The summed E-state index contributed by atoms with van der Waals surface area (Å²) >= 11 is 12.0. The molecule has 110 valence electrons. The van der Waals surface area contributed by atoms with Crippen molar-refractivity contribution >= 4 is 34.8 Å². The van der Waals surface area contributed by atoms with Crippen molar-refractivity contribution in [2.75, 3.05) is 5.32 Å². The minimum atomic E-state index is -0.347. The van der Waals surface area contributed by atoms with Crippen molar-refractivity contribution in [3.05, 3.63) is 70.7 Å². The molecule has 0 radical (unpaired) electrons. The average molecular weight is 333 g/mol. The Morgan fingerprint density at radius 2 is 1.91 bits per heavy atom. The molecule has 3 rings (SSSR count). The molecule has 0 atom stereocenters. The Hall–Kier alpha value is -2.37. The van der Waals surface area contributed by atoms with Gasteiger partial charge in [0, 0.05) is 0 Å². The number of aromatic nitrogens is 3. The van der Waals surface area contributed by atoms with Gasteiger partial charge in [-0.2, -0.15) is 5.10 Å². The molecule has 2 aromatic carbocycles. The summed E-state index contributed by atoms with van der Waals surface area (Å²) in [5.41, 5.74) is 1.60. The van der Waals surface area contributed by atoms with Crippen LogP contribution in [-0.4, -0.2) is 20.7 Å². The molecule has 0 saturated carbocycles. The third-order valence-corrected chi connectivity index (χ3v) is 3.83. The molecule has 0 spiro atoms. The Morgan fingerprint density at radius 1 is 1.09 bits per heavy atom. The SMILES string of the molecule is O=C(Nc1ccccc1-n1cncn1)c1cccc(Cl)c1Cl. The summed E-state index contributed by atoms with van der Waals surface area (Å²) in [5, 5.41) is 7.43. The fraction of sp³-hybridized carbons (Fsp3) is 0. The highest BCUT2D eigenvalue weighted by atomic mass is 35.5. The Kier molecular flexibility index (Phi) is 4.09. The van der Waals surface area contributed by atoms with Gasteiger partial charge in [0.1, 0.15) is 12.7 Å². The first kappa shape index (κ1) is 14.6.